The van der Waals surface area contributed by atoms with E-state index in [4.69, 9.17) is 9.84 Å². The molecule has 0 saturated carbocycles. The normalized spacial score (nSPS) is 10.6. The number of carboxylic acid groups (broad SMARTS) is 1. The first kappa shape index (κ1) is 15.5. The summed E-state index contributed by atoms with van der Waals surface area (Å²) in [6, 6.07) is 7.84. The number of nitrogens with zero attached hydrogens (tertiary/aromatic N) is 1. The van der Waals surface area contributed by atoms with Crippen molar-refractivity contribution in [2.75, 3.05) is 0 Å². The second-order valence-corrected chi connectivity index (χ2v) is 6.07. The summed E-state index contributed by atoms with van der Waals surface area (Å²) in [5, 5.41) is 9.78. The zero-order valence-corrected chi connectivity index (χ0v) is 13.1. The fourth-order valence-corrected chi connectivity index (χ4v) is 3.00. The summed E-state index contributed by atoms with van der Waals surface area (Å²) in [6.45, 7) is 4.47. The van der Waals surface area contributed by atoms with E-state index in [1.54, 1.807) is 0 Å². The Labute approximate surface area is 128 Å². The Bertz CT molecular complexity index is 604. The van der Waals surface area contributed by atoms with E-state index in [0.29, 0.717) is 6.61 Å². The first-order valence-electron chi connectivity index (χ1n) is 6.97. The van der Waals surface area contributed by atoms with Gasteiger partial charge in [-0.25, -0.2) is 4.98 Å². The lowest BCUT2D eigenvalue weighted by atomic mass is 10.2. The van der Waals surface area contributed by atoms with Crippen LogP contribution < -0.4 is 4.74 Å². The van der Waals surface area contributed by atoms with Gasteiger partial charge in [-0.1, -0.05) is 31.0 Å². The van der Waals surface area contributed by atoms with Gasteiger partial charge in [0.1, 0.15) is 17.4 Å². The van der Waals surface area contributed by atoms with Crippen LogP contribution in [0.15, 0.2) is 24.3 Å². The number of aryl methyl sites for hydroxylation is 2. The average Bonchev–Trinajstić information content (AvgIpc) is 2.80. The van der Waals surface area contributed by atoms with Gasteiger partial charge in [-0.05, 0) is 25.5 Å². The van der Waals surface area contributed by atoms with Crippen LogP contribution in [0.1, 0.15) is 34.5 Å². The summed E-state index contributed by atoms with van der Waals surface area (Å²) >= 11 is 1.43. The van der Waals surface area contributed by atoms with Gasteiger partial charge in [0.15, 0.2) is 0 Å². The SMILES string of the molecule is CCCc1nc(COc2ccc(C)cc2)sc1CC(=O)O. The Hall–Kier alpha value is -1.88. The molecule has 1 heterocycles. The highest BCUT2D eigenvalue weighted by Gasteiger charge is 2.13. The highest BCUT2D eigenvalue weighted by Crippen LogP contribution is 2.22. The van der Waals surface area contributed by atoms with Gasteiger partial charge in [0, 0.05) is 4.88 Å². The number of hydrogen-bond donors (Lipinski definition) is 1. The molecule has 0 aliphatic rings. The molecule has 1 aromatic carbocycles. The lowest BCUT2D eigenvalue weighted by Gasteiger charge is -2.03. The third-order valence-electron chi connectivity index (χ3n) is 3.00. The number of ether oxygens (including phenoxy) is 1. The molecule has 2 aromatic rings. The molecule has 0 radical (unpaired) electrons. The van der Waals surface area contributed by atoms with Crippen LogP contribution in [0, 0.1) is 6.92 Å². The number of carbonyl (C=O) groups is 1. The van der Waals surface area contributed by atoms with Gasteiger partial charge in [0.05, 0.1) is 12.1 Å². The molecule has 2 rings (SSSR count). The van der Waals surface area contributed by atoms with Gasteiger partial charge >= 0.3 is 5.97 Å². The molecular weight excluding hydrogens is 286 g/mol. The quantitative estimate of drug-likeness (QED) is 0.849. The maximum atomic E-state index is 10.9. The van der Waals surface area contributed by atoms with Crippen LogP contribution in [-0.4, -0.2) is 16.1 Å². The van der Waals surface area contributed by atoms with Gasteiger partial charge in [-0.15, -0.1) is 11.3 Å². The molecule has 21 heavy (non-hydrogen) atoms. The number of aliphatic carboxylic acids is 1. The zero-order valence-electron chi connectivity index (χ0n) is 12.3. The van der Waals surface area contributed by atoms with E-state index in [9.17, 15) is 4.79 Å². The molecule has 0 bridgehead atoms. The second kappa shape index (κ2) is 7.22. The summed E-state index contributed by atoms with van der Waals surface area (Å²) in [7, 11) is 0. The van der Waals surface area contributed by atoms with E-state index in [0.717, 1.165) is 34.2 Å². The Balaban J connectivity index is 2.05. The smallest absolute Gasteiger partial charge is 0.308 e. The molecule has 0 unspecified atom stereocenters. The molecule has 4 nitrogen and oxygen atoms in total. The monoisotopic (exact) mass is 305 g/mol. The molecule has 112 valence electrons. The Morgan fingerprint density at radius 2 is 2.05 bits per heavy atom. The average molecular weight is 305 g/mol. The summed E-state index contributed by atoms with van der Waals surface area (Å²) in [4.78, 5) is 16.2. The van der Waals surface area contributed by atoms with Crippen molar-refractivity contribution in [1.29, 1.82) is 0 Å². The van der Waals surface area contributed by atoms with Gasteiger partial charge in [0.2, 0.25) is 0 Å². The molecule has 1 aromatic heterocycles. The minimum atomic E-state index is -0.818. The summed E-state index contributed by atoms with van der Waals surface area (Å²) < 4.78 is 5.70. The lowest BCUT2D eigenvalue weighted by molar-refractivity contribution is -0.136. The zero-order chi connectivity index (χ0) is 15.2. The molecule has 0 atom stereocenters. The number of thiazole rings is 1. The Morgan fingerprint density at radius 1 is 1.33 bits per heavy atom. The van der Waals surface area contributed by atoms with Crippen molar-refractivity contribution in [3.05, 3.63) is 45.4 Å². The van der Waals surface area contributed by atoms with Crippen molar-refractivity contribution in [3.63, 3.8) is 0 Å². The highest BCUT2D eigenvalue weighted by atomic mass is 32.1. The predicted octanol–water partition coefficient (Wildman–Crippen LogP) is 3.61. The molecule has 5 heteroatoms. The van der Waals surface area contributed by atoms with Crippen molar-refractivity contribution in [1.82, 2.24) is 4.98 Å². The molecule has 0 aliphatic heterocycles. The fraction of sp³-hybridized carbons (Fsp3) is 0.375. The van der Waals surface area contributed by atoms with Crippen LogP contribution in [0.2, 0.25) is 0 Å². The summed E-state index contributed by atoms with van der Waals surface area (Å²) in [5.41, 5.74) is 2.08. The molecule has 1 N–H and O–H groups in total. The molecule has 0 amide bonds. The van der Waals surface area contributed by atoms with Gasteiger partial charge < -0.3 is 9.84 Å². The van der Waals surface area contributed by atoms with E-state index in [2.05, 4.69) is 11.9 Å². The van der Waals surface area contributed by atoms with Gasteiger partial charge in [-0.3, -0.25) is 4.79 Å². The molecule has 0 saturated heterocycles. The Kier molecular flexibility index (Phi) is 5.33. The van der Waals surface area contributed by atoms with Crippen LogP contribution >= 0.6 is 11.3 Å². The third kappa shape index (κ3) is 4.56. The largest absolute Gasteiger partial charge is 0.486 e. The standard InChI is InChI=1S/C16H19NO3S/c1-3-4-13-14(9-16(18)19)21-15(17-13)10-20-12-7-5-11(2)6-8-12/h5-8H,3-4,9-10H2,1-2H3,(H,18,19). The third-order valence-corrected chi connectivity index (χ3v) is 4.08. The van der Waals surface area contributed by atoms with Crippen LogP contribution in [0.4, 0.5) is 0 Å². The van der Waals surface area contributed by atoms with E-state index in [1.165, 1.54) is 16.9 Å². The van der Waals surface area contributed by atoms with Gasteiger partial charge in [-0.2, -0.15) is 0 Å². The van der Waals surface area contributed by atoms with Crippen LogP contribution in [0.3, 0.4) is 0 Å². The fourth-order valence-electron chi connectivity index (χ4n) is 1.99. The van der Waals surface area contributed by atoms with Crippen LogP contribution in [-0.2, 0) is 24.2 Å². The number of aromatic nitrogens is 1. The predicted molar refractivity (Wildman–Crippen MR) is 83.0 cm³/mol. The topological polar surface area (TPSA) is 59.4 Å². The molecular formula is C16H19NO3S. The maximum absolute atomic E-state index is 10.9. The number of carboxylic acids is 1. The van der Waals surface area contributed by atoms with Crippen molar-refractivity contribution < 1.29 is 14.6 Å². The maximum Gasteiger partial charge on any atom is 0.308 e. The second-order valence-electron chi connectivity index (χ2n) is 4.90. The summed E-state index contributed by atoms with van der Waals surface area (Å²) in [5.74, 6) is -0.0189. The van der Waals surface area contributed by atoms with Crippen LogP contribution in [0.25, 0.3) is 0 Å². The molecule has 0 fully saturated rings. The van der Waals surface area contributed by atoms with E-state index >= 15 is 0 Å². The van der Waals surface area contributed by atoms with Crippen molar-refractivity contribution in [2.45, 2.75) is 39.7 Å². The summed E-state index contributed by atoms with van der Waals surface area (Å²) in [6.07, 6.45) is 1.80. The van der Waals surface area contributed by atoms with Crippen molar-refractivity contribution in [2.24, 2.45) is 0 Å². The molecule has 0 spiro atoms. The Morgan fingerprint density at radius 3 is 2.67 bits per heavy atom. The molecule has 0 aliphatic carbocycles. The van der Waals surface area contributed by atoms with Gasteiger partial charge in [0.25, 0.3) is 0 Å². The first-order valence-corrected chi connectivity index (χ1v) is 7.79. The lowest BCUT2D eigenvalue weighted by Crippen LogP contribution is -2.01. The van der Waals surface area contributed by atoms with E-state index < -0.39 is 5.97 Å². The van der Waals surface area contributed by atoms with Crippen molar-refractivity contribution >= 4 is 17.3 Å². The minimum absolute atomic E-state index is 0.0392. The highest BCUT2D eigenvalue weighted by molar-refractivity contribution is 7.11. The van der Waals surface area contributed by atoms with E-state index in [1.807, 2.05) is 31.2 Å². The number of benzene rings is 1. The van der Waals surface area contributed by atoms with E-state index in [-0.39, 0.29) is 6.42 Å². The number of hydrogen-bond acceptors (Lipinski definition) is 4. The van der Waals surface area contributed by atoms with Crippen LogP contribution in [0.5, 0.6) is 5.75 Å². The minimum Gasteiger partial charge on any atom is -0.486 e. The number of rotatable bonds is 7. The van der Waals surface area contributed by atoms with Crippen molar-refractivity contribution in [3.8, 4) is 5.75 Å². The first-order chi connectivity index (χ1) is 10.1.